The summed E-state index contributed by atoms with van der Waals surface area (Å²) in [5.41, 5.74) is 2.04. The molecule has 0 aliphatic carbocycles. The molecule has 0 aliphatic rings. The Morgan fingerprint density at radius 1 is 1.00 bits per heavy atom. The van der Waals surface area contributed by atoms with Crippen molar-refractivity contribution in [2.45, 2.75) is 52.7 Å². The average molecular weight is 460 g/mol. The lowest BCUT2D eigenvalue weighted by atomic mass is 10.1. The zero-order valence-corrected chi connectivity index (χ0v) is 20.2. The number of sulfonamides is 1. The molecule has 0 fully saturated rings. The average Bonchev–Trinajstić information content (AvgIpc) is 2.75. The first-order chi connectivity index (χ1) is 15.0. The maximum absolute atomic E-state index is 13.4. The SMILES string of the molecule is CCC(C)NC(=O)C(C)N(Cc1ccccc1)C(=O)CN(c1ccccc1C)S(C)(=O)=O. The van der Waals surface area contributed by atoms with E-state index in [0.29, 0.717) is 5.69 Å². The highest BCUT2D eigenvalue weighted by atomic mass is 32.2. The van der Waals surface area contributed by atoms with E-state index >= 15 is 0 Å². The Balaban J connectivity index is 2.37. The molecule has 0 aliphatic heterocycles. The molecule has 0 saturated carbocycles. The zero-order chi connectivity index (χ0) is 23.9. The van der Waals surface area contributed by atoms with Crippen LogP contribution in [0.4, 0.5) is 5.69 Å². The molecule has 2 amide bonds. The third-order valence-electron chi connectivity index (χ3n) is 5.43. The van der Waals surface area contributed by atoms with Crippen molar-refractivity contribution in [3.05, 3.63) is 65.7 Å². The standard InChI is InChI=1S/C24H33N3O4S/c1-6-19(3)25-24(29)20(4)26(16-21-13-8-7-9-14-21)23(28)17-27(32(5,30)31)22-15-11-10-12-18(22)2/h7-15,19-20H,6,16-17H2,1-5H3,(H,25,29). The van der Waals surface area contributed by atoms with Crippen LogP contribution in [0.1, 0.15) is 38.3 Å². The molecule has 1 N–H and O–H groups in total. The minimum Gasteiger partial charge on any atom is -0.352 e. The van der Waals surface area contributed by atoms with Crippen LogP contribution in [0.25, 0.3) is 0 Å². The lowest BCUT2D eigenvalue weighted by Gasteiger charge is -2.32. The molecule has 0 saturated heterocycles. The van der Waals surface area contributed by atoms with Crippen LogP contribution >= 0.6 is 0 Å². The van der Waals surface area contributed by atoms with Crippen LogP contribution in [-0.2, 0) is 26.2 Å². The molecule has 0 spiro atoms. The number of nitrogens with one attached hydrogen (secondary N) is 1. The minimum absolute atomic E-state index is 0.0295. The Bertz CT molecular complexity index is 1020. The number of nitrogens with zero attached hydrogens (tertiary/aromatic N) is 2. The van der Waals surface area contributed by atoms with E-state index < -0.39 is 28.5 Å². The first-order valence-corrected chi connectivity index (χ1v) is 12.6. The van der Waals surface area contributed by atoms with Crippen molar-refractivity contribution in [3.8, 4) is 0 Å². The summed E-state index contributed by atoms with van der Waals surface area (Å²) in [5, 5.41) is 2.91. The predicted octanol–water partition coefficient (Wildman–Crippen LogP) is 3.09. The number of rotatable bonds is 10. The maximum atomic E-state index is 13.4. The lowest BCUT2D eigenvalue weighted by molar-refractivity contribution is -0.139. The molecule has 32 heavy (non-hydrogen) atoms. The van der Waals surface area contributed by atoms with Gasteiger partial charge in [0.15, 0.2) is 0 Å². The van der Waals surface area contributed by atoms with Gasteiger partial charge in [-0.3, -0.25) is 13.9 Å². The normalized spacial score (nSPS) is 13.2. The molecular formula is C24H33N3O4S. The van der Waals surface area contributed by atoms with Gasteiger partial charge in [-0.05, 0) is 44.4 Å². The Morgan fingerprint density at radius 3 is 2.16 bits per heavy atom. The summed E-state index contributed by atoms with van der Waals surface area (Å²) < 4.78 is 26.2. The van der Waals surface area contributed by atoms with E-state index in [1.807, 2.05) is 50.2 Å². The van der Waals surface area contributed by atoms with Gasteiger partial charge in [0, 0.05) is 12.6 Å². The number of aryl methyl sites for hydroxylation is 1. The molecule has 2 aromatic carbocycles. The second-order valence-electron chi connectivity index (χ2n) is 8.06. The van der Waals surface area contributed by atoms with Gasteiger partial charge in [0.1, 0.15) is 12.6 Å². The fraction of sp³-hybridized carbons (Fsp3) is 0.417. The fourth-order valence-corrected chi connectivity index (χ4v) is 4.17. The number of hydrogen-bond acceptors (Lipinski definition) is 4. The van der Waals surface area contributed by atoms with Crippen LogP contribution in [0.15, 0.2) is 54.6 Å². The summed E-state index contributed by atoms with van der Waals surface area (Å²) in [7, 11) is -3.73. The maximum Gasteiger partial charge on any atom is 0.244 e. The van der Waals surface area contributed by atoms with Crippen LogP contribution in [-0.4, -0.2) is 50.0 Å². The van der Waals surface area contributed by atoms with Crippen LogP contribution in [0, 0.1) is 6.92 Å². The van der Waals surface area contributed by atoms with E-state index in [4.69, 9.17) is 0 Å². The van der Waals surface area contributed by atoms with E-state index in [9.17, 15) is 18.0 Å². The molecule has 2 atom stereocenters. The fourth-order valence-electron chi connectivity index (χ4n) is 3.27. The van der Waals surface area contributed by atoms with E-state index in [2.05, 4.69) is 5.32 Å². The molecule has 8 heteroatoms. The Kier molecular flexibility index (Phi) is 8.83. The third-order valence-corrected chi connectivity index (χ3v) is 6.55. The van der Waals surface area contributed by atoms with Crippen molar-refractivity contribution in [3.63, 3.8) is 0 Å². The van der Waals surface area contributed by atoms with Crippen molar-refractivity contribution < 1.29 is 18.0 Å². The van der Waals surface area contributed by atoms with E-state index in [1.54, 1.807) is 32.0 Å². The second-order valence-corrected chi connectivity index (χ2v) is 9.96. The van der Waals surface area contributed by atoms with Gasteiger partial charge in [-0.25, -0.2) is 8.42 Å². The molecule has 0 aromatic heterocycles. The minimum atomic E-state index is -3.73. The summed E-state index contributed by atoms with van der Waals surface area (Å²) in [6.45, 7) is 7.13. The van der Waals surface area contributed by atoms with Gasteiger partial charge in [-0.2, -0.15) is 0 Å². The molecule has 174 valence electrons. The lowest BCUT2D eigenvalue weighted by Crippen LogP contribution is -2.52. The number of benzene rings is 2. The number of carbonyl (C=O) groups excluding carboxylic acids is 2. The van der Waals surface area contributed by atoms with Gasteiger partial charge in [0.2, 0.25) is 21.8 Å². The monoisotopic (exact) mass is 459 g/mol. The summed E-state index contributed by atoms with van der Waals surface area (Å²) in [5.74, 6) is -0.722. The summed E-state index contributed by atoms with van der Waals surface area (Å²) >= 11 is 0. The van der Waals surface area contributed by atoms with Crippen molar-refractivity contribution in [2.75, 3.05) is 17.1 Å². The summed E-state index contributed by atoms with van der Waals surface area (Å²) in [6, 6.07) is 15.5. The van der Waals surface area contributed by atoms with E-state index in [0.717, 1.165) is 28.1 Å². The summed E-state index contributed by atoms with van der Waals surface area (Å²) in [6.07, 6.45) is 1.84. The number of hydrogen-bond donors (Lipinski definition) is 1. The van der Waals surface area contributed by atoms with Gasteiger partial charge < -0.3 is 10.2 Å². The van der Waals surface area contributed by atoms with E-state index in [-0.39, 0.29) is 18.5 Å². The molecule has 0 bridgehead atoms. The smallest absolute Gasteiger partial charge is 0.244 e. The van der Waals surface area contributed by atoms with Gasteiger partial charge in [0.25, 0.3) is 0 Å². The quantitative estimate of drug-likeness (QED) is 0.592. The van der Waals surface area contributed by atoms with Gasteiger partial charge >= 0.3 is 0 Å². The van der Waals surface area contributed by atoms with Crippen molar-refractivity contribution in [1.29, 1.82) is 0 Å². The zero-order valence-electron chi connectivity index (χ0n) is 19.4. The number of carbonyl (C=O) groups is 2. The Labute approximate surface area is 191 Å². The van der Waals surface area contributed by atoms with Crippen LogP contribution < -0.4 is 9.62 Å². The number of anilines is 1. The van der Waals surface area contributed by atoms with Gasteiger partial charge in [-0.1, -0.05) is 55.5 Å². The third kappa shape index (κ3) is 6.82. The predicted molar refractivity (Wildman–Crippen MR) is 128 cm³/mol. The van der Waals surface area contributed by atoms with Crippen LogP contribution in [0.3, 0.4) is 0 Å². The largest absolute Gasteiger partial charge is 0.352 e. The number of amides is 2. The molecular weight excluding hydrogens is 426 g/mol. The van der Waals surface area contributed by atoms with Gasteiger partial charge in [0.05, 0.1) is 11.9 Å². The second kappa shape index (κ2) is 11.1. The first-order valence-electron chi connectivity index (χ1n) is 10.7. The molecule has 2 unspecified atom stereocenters. The van der Waals surface area contributed by atoms with Crippen molar-refractivity contribution >= 4 is 27.5 Å². The molecule has 2 aromatic rings. The Hall–Kier alpha value is -2.87. The van der Waals surface area contributed by atoms with Gasteiger partial charge in [-0.15, -0.1) is 0 Å². The molecule has 0 radical (unpaired) electrons. The first kappa shape index (κ1) is 25.4. The highest BCUT2D eigenvalue weighted by Gasteiger charge is 2.30. The molecule has 7 nitrogen and oxygen atoms in total. The topological polar surface area (TPSA) is 86.8 Å². The summed E-state index contributed by atoms with van der Waals surface area (Å²) in [4.78, 5) is 27.7. The van der Waals surface area contributed by atoms with Crippen LogP contribution in [0.5, 0.6) is 0 Å². The molecule has 0 heterocycles. The molecule has 2 rings (SSSR count). The highest BCUT2D eigenvalue weighted by Crippen LogP contribution is 2.22. The van der Waals surface area contributed by atoms with Crippen LogP contribution in [0.2, 0.25) is 0 Å². The van der Waals surface area contributed by atoms with Crippen molar-refractivity contribution in [2.24, 2.45) is 0 Å². The number of para-hydroxylation sites is 1. The van der Waals surface area contributed by atoms with Crippen molar-refractivity contribution in [1.82, 2.24) is 10.2 Å². The Morgan fingerprint density at radius 2 is 1.59 bits per heavy atom. The highest BCUT2D eigenvalue weighted by molar-refractivity contribution is 7.92. The van der Waals surface area contributed by atoms with E-state index in [1.165, 1.54) is 4.90 Å².